The molecule has 1 saturated carbocycles. The molecule has 132 valence electrons. The van der Waals surface area contributed by atoms with Crippen molar-refractivity contribution in [3.63, 3.8) is 0 Å². The highest BCUT2D eigenvalue weighted by Crippen LogP contribution is 2.20. The number of hydrogen-bond acceptors (Lipinski definition) is 5. The van der Waals surface area contributed by atoms with E-state index in [0.717, 1.165) is 12.1 Å². The summed E-state index contributed by atoms with van der Waals surface area (Å²) < 4.78 is 5.14. The normalized spacial score (nSPS) is 16.6. The largest absolute Gasteiger partial charge is 0.444 e. The first-order valence-corrected chi connectivity index (χ1v) is 8.28. The van der Waals surface area contributed by atoms with Crippen molar-refractivity contribution >= 4 is 6.09 Å². The number of nitrogens with one attached hydrogen (secondary N) is 2. The fourth-order valence-electron chi connectivity index (χ4n) is 2.16. The molecule has 0 saturated heterocycles. The van der Waals surface area contributed by atoms with Gasteiger partial charge in [0.1, 0.15) is 11.4 Å². The van der Waals surface area contributed by atoms with Crippen LogP contribution in [-0.2, 0) is 11.3 Å². The summed E-state index contributed by atoms with van der Waals surface area (Å²) >= 11 is 0. The van der Waals surface area contributed by atoms with Crippen LogP contribution in [0.5, 0.6) is 0 Å². The van der Waals surface area contributed by atoms with Crippen molar-refractivity contribution < 1.29 is 9.53 Å². The second-order valence-corrected chi connectivity index (χ2v) is 7.17. The van der Waals surface area contributed by atoms with Gasteiger partial charge in [0.15, 0.2) is 0 Å². The fourth-order valence-corrected chi connectivity index (χ4v) is 2.16. The van der Waals surface area contributed by atoms with E-state index in [1.807, 2.05) is 12.1 Å². The van der Waals surface area contributed by atoms with Crippen LogP contribution in [0.4, 0.5) is 4.79 Å². The zero-order chi connectivity index (χ0) is 17.7. The van der Waals surface area contributed by atoms with Crippen LogP contribution in [0.25, 0.3) is 0 Å². The van der Waals surface area contributed by atoms with Crippen LogP contribution in [-0.4, -0.2) is 17.7 Å². The molecule has 0 heterocycles. The first kappa shape index (κ1) is 18.3. The number of alkyl carbamates (subject to hydrolysis) is 1. The molecule has 0 spiro atoms. The monoisotopic (exact) mass is 332 g/mol. The number of nitrogens with two attached hydrogens (primary N) is 2. The molecule has 1 unspecified atom stereocenters. The van der Waals surface area contributed by atoms with E-state index in [9.17, 15) is 4.79 Å². The zero-order valence-corrected chi connectivity index (χ0v) is 14.6. The summed E-state index contributed by atoms with van der Waals surface area (Å²) in [7, 11) is 0. The van der Waals surface area contributed by atoms with Crippen molar-refractivity contribution in [3.05, 3.63) is 47.3 Å². The molecule has 0 aliphatic heterocycles. The summed E-state index contributed by atoms with van der Waals surface area (Å²) in [6, 6.07) is 8.35. The second kappa shape index (κ2) is 7.68. The van der Waals surface area contributed by atoms with Crippen LogP contribution in [0.1, 0.15) is 50.8 Å². The molecular weight excluding hydrogens is 304 g/mol. The number of benzene rings is 1. The lowest BCUT2D eigenvalue weighted by molar-refractivity contribution is 0.0545. The first-order chi connectivity index (χ1) is 11.2. The topological polar surface area (TPSA) is 102 Å². The third-order valence-electron chi connectivity index (χ3n) is 3.54. The smallest absolute Gasteiger partial charge is 0.413 e. The van der Waals surface area contributed by atoms with Gasteiger partial charge in [0, 0.05) is 12.6 Å². The summed E-state index contributed by atoms with van der Waals surface area (Å²) in [4.78, 5) is 11.7. The van der Waals surface area contributed by atoms with E-state index in [0.29, 0.717) is 6.04 Å². The Kier molecular flexibility index (Phi) is 5.85. The Labute approximate surface area is 143 Å². The predicted octanol–water partition coefficient (Wildman–Crippen LogP) is 2.26. The average Bonchev–Trinajstić information content (AvgIpc) is 3.27. The minimum absolute atomic E-state index is 0.177. The summed E-state index contributed by atoms with van der Waals surface area (Å²) in [5, 5.41) is 5.95. The maximum Gasteiger partial charge on any atom is 0.413 e. The highest BCUT2D eigenvalue weighted by Gasteiger charge is 2.20. The lowest BCUT2D eigenvalue weighted by Crippen LogP contribution is -2.34. The standard InChI is InChI=1S/C18H28N4O2/c1-18(2,3)24-17(23)22-16(20)10-15(19)13-6-4-12(5-7-13)11-21-14-8-9-14/h4-7,10,14-15,21H,8-9,11,19-20H2,1-3H3,(H,22,23)/b16-10-. The van der Waals surface area contributed by atoms with Gasteiger partial charge in [0.05, 0.1) is 6.04 Å². The number of amides is 1. The van der Waals surface area contributed by atoms with Crippen molar-refractivity contribution in [2.75, 3.05) is 0 Å². The van der Waals surface area contributed by atoms with Gasteiger partial charge in [0.25, 0.3) is 0 Å². The molecule has 1 aromatic carbocycles. The van der Waals surface area contributed by atoms with Gasteiger partial charge in [0.2, 0.25) is 0 Å². The first-order valence-electron chi connectivity index (χ1n) is 8.28. The van der Waals surface area contributed by atoms with Crippen LogP contribution in [0, 0.1) is 0 Å². The molecule has 1 fully saturated rings. The highest BCUT2D eigenvalue weighted by molar-refractivity contribution is 5.69. The van der Waals surface area contributed by atoms with E-state index >= 15 is 0 Å². The Hall–Kier alpha value is -2.05. The van der Waals surface area contributed by atoms with E-state index in [2.05, 4.69) is 22.8 Å². The molecular formula is C18H28N4O2. The Morgan fingerprint density at radius 2 is 1.96 bits per heavy atom. The van der Waals surface area contributed by atoms with Crippen LogP contribution in [0.3, 0.4) is 0 Å². The van der Waals surface area contributed by atoms with Gasteiger partial charge in [-0.2, -0.15) is 0 Å². The number of carbonyl (C=O) groups is 1. The van der Waals surface area contributed by atoms with Crippen molar-refractivity contribution in [2.45, 2.75) is 57.8 Å². The predicted molar refractivity (Wildman–Crippen MR) is 94.9 cm³/mol. The van der Waals surface area contributed by atoms with Crippen LogP contribution < -0.4 is 22.1 Å². The van der Waals surface area contributed by atoms with E-state index in [1.54, 1.807) is 26.8 Å². The minimum atomic E-state index is -0.593. The number of carbonyl (C=O) groups excluding carboxylic acids is 1. The molecule has 0 aromatic heterocycles. The molecule has 1 aromatic rings. The van der Waals surface area contributed by atoms with Crippen LogP contribution in [0.15, 0.2) is 36.2 Å². The Morgan fingerprint density at radius 3 is 2.50 bits per heavy atom. The van der Waals surface area contributed by atoms with Crippen molar-refractivity contribution in [1.82, 2.24) is 10.6 Å². The van der Waals surface area contributed by atoms with Crippen LogP contribution in [0.2, 0.25) is 0 Å². The number of ether oxygens (including phenoxy) is 1. The minimum Gasteiger partial charge on any atom is -0.444 e. The SMILES string of the molecule is CC(C)(C)OC(=O)N/C(N)=C\C(N)c1ccc(CNC2CC2)cc1. The fraction of sp³-hybridized carbons (Fsp3) is 0.500. The van der Waals surface area contributed by atoms with Gasteiger partial charge in [-0.3, -0.25) is 5.32 Å². The van der Waals surface area contributed by atoms with E-state index in [4.69, 9.17) is 16.2 Å². The molecule has 6 N–H and O–H groups in total. The molecule has 6 nitrogen and oxygen atoms in total. The molecule has 1 aliphatic carbocycles. The average molecular weight is 332 g/mol. The van der Waals surface area contributed by atoms with Gasteiger partial charge in [-0.25, -0.2) is 4.79 Å². The van der Waals surface area contributed by atoms with Crippen molar-refractivity contribution in [3.8, 4) is 0 Å². The molecule has 1 amide bonds. The molecule has 1 aliphatic rings. The molecule has 0 bridgehead atoms. The van der Waals surface area contributed by atoms with E-state index in [1.165, 1.54) is 18.4 Å². The number of hydrogen-bond donors (Lipinski definition) is 4. The summed E-state index contributed by atoms with van der Waals surface area (Å²) in [6.45, 7) is 6.24. The zero-order valence-electron chi connectivity index (χ0n) is 14.6. The summed E-state index contributed by atoms with van der Waals surface area (Å²) in [6.07, 6.45) is 3.56. The molecule has 24 heavy (non-hydrogen) atoms. The van der Waals surface area contributed by atoms with Gasteiger partial charge in [-0.15, -0.1) is 0 Å². The lowest BCUT2D eigenvalue weighted by atomic mass is 10.1. The molecule has 1 atom stereocenters. The van der Waals surface area contributed by atoms with Crippen molar-refractivity contribution in [1.29, 1.82) is 0 Å². The maximum atomic E-state index is 11.7. The highest BCUT2D eigenvalue weighted by atomic mass is 16.6. The Bertz CT molecular complexity index is 586. The molecule has 0 radical (unpaired) electrons. The van der Waals surface area contributed by atoms with Crippen molar-refractivity contribution in [2.24, 2.45) is 11.5 Å². The van der Waals surface area contributed by atoms with E-state index < -0.39 is 17.7 Å². The lowest BCUT2D eigenvalue weighted by Gasteiger charge is -2.20. The van der Waals surface area contributed by atoms with Gasteiger partial charge in [-0.05, 0) is 50.8 Å². The quantitative estimate of drug-likeness (QED) is 0.640. The summed E-state index contributed by atoms with van der Waals surface area (Å²) in [5.74, 6) is 0.177. The second-order valence-electron chi connectivity index (χ2n) is 7.17. The van der Waals surface area contributed by atoms with Gasteiger partial charge in [-0.1, -0.05) is 24.3 Å². The van der Waals surface area contributed by atoms with Gasteiger partial charge < -0.3 is 21.5 Å². The molecule has 6 heteroatoms. The molecule has 2 rings (SSSR count). The van der Waals surface area contributed by atoms with Gasteiger partial charge >= 0.3 is 6.09 Å². The van der Waals surface area contributed by atoms with Crippen LogP contribution >= 0.6 is 0 Å². The number of rotatable bonds is 6. The third kappa shape index (κ3) is 6.60. The maximum absolute atomic E-state index is 11.7. The Morgan fingerprint density at radius 1 is 1.33 bits per heavy atom. The van der Waals surface area contributed by atoms with E-state index in [-0.39, 0.29) is 5.82 Å². The third-order valence-corrected chi connectivity index (χ3v) is 3.54. The Balaban J connectivity index is 1.87. The summed E-state index contributed by atoms with van der Waals surface area (Å²) in [5.41, 5.74) is 13.5.